The SMILES string of the molecule is Cc1ccc(C(O)C(C)(C)N2CCCCC2)cc1F. The number of halogens is 1. The van der Waals surface area contributed by atoms with Crippen LogP contribution in [0.2, 0.25) is 0 Å². The van der Waals surface area contributed by atoms with Gasteiger partial charge in [-0.15, -0.1) is 0 Å². The number of hydrogen-bond acceptors (Lipinski definition) is 2. The zero-order valence-corrected chi connectivity index (χ0v) is 12.1. The minimum Gasteiger partial charge on any atom is -0.386 e. The maximum Gasteiger partial charge on any atom is 0.126 e. The van der Waals surface area contributed by atoms with Gasteiger partial charge in [-0.05, 0) is 63.9 Å². The van der Waals surface area contributed by atoms with Gasteiger partial charge in [-0.2, -0.15) is 0 Å². The van der Waals surface area contributed by atoms with Crippen LogP contribution in [-0.2, 0) is 0 Å². The minimum absolute atomic E-state index is 0.244. The zero-order chi connectivity index (χ0) is 14.0. The van der Waals surface area contributed by atoms with Crippen molar-refractivity contribution in [3.63, 3.8) is 0 Å². The molecule has 1 unspecified atom stereocenters. The molecule has 1 aromatic rings. The highest BCUT2D eigenvalue weighted by Gasteiger charge is 2.35. The lowest BCUT2D eigenvalue weighted by atomic mass is 9.87. The molecular formula is C16H24FNO. The lowest BCUT2D eigenvalue weighted by Gasteiger charge is -2.44. The third kappa shape index (κ3) is 2.98. The van der Waals surface area contributed by atoms with E-state index in [0.717, 1.165) is 13.1 Å². The second-order valence-electron chi connectivity index (χ2n) is 6.11. The van der Waals surface area contributed by atoms with Crippen LogP contribution in [0.25, 0.3) is 0 Å². The molecule has 0 aromatic heterocycles. The summed E-state index contributed by atoms with van der Waals surface area (Å²) < 4.78 is 13.6. The summed E-state index contributed by atoms with van der Waals surface area (Å²) in [5.41, 5.74) is 0.924. The van der Waals surface area contributed by atoms with Crippen LogP contribution in [0, 0.1) is 12.7 Å². The van der Waals surface area contributed by atoms with Gasteiger partial charge in [0.25, 0.3) is 0 Å². The molecule has 2 nitrogen and oxygen atoms in total. The topological polar surface area (TPSA) is 23.5 Å². The average molecular weight is 265 g/mol. The number of benzene rings is 1. The quantitative estimate of drug-likeness (QED) is 0.905. The number of piperidine rings is 1. The van der Waals surface area contributed by atoms with Gasteiger partial charge in [-0.1, -0.05) is 18.6 Å². The van der Waals surface area contributed by atoms with Crippen molar-refractivity contribution in [2.45, 2.75) is 51.7 Å². The van der Waals surface area contributed by atoms with Crippen LogP contribution >= 0.6 is 0 Å². The Morgan fingerprint density at radius 2 is 1.84 bits per heavy atom. The van der Waals surface area contributed by atoms with Gasteiger partial charge in [-0.3, -0.25) is 4.90 Å². The molecule has 1 heterocycles. The van der Waals surface area contributed by atoms with E-state index in [9.17, 15) is 9.50 Å². The zero-order valence-electron chi connectivity index (χ0n) is 12.1. The van der Waals surface area contributed by atoms with Crippen molar-refractivity contribution in [3.8, 4) is 0 Å². The van der Waals surface area contributed by atoms with E-state index < -0.39 is 6.10 Å². The van der Waals surface area contributed by atoms with Crippen molar-refractivity contribution in [2.75, 3.05) is 13.1 Å². The molecule has 1 aromatic carbocycles. The van der Waals surface area contributed by atoms with E-state index in [-0.39, 0.29) is 11.4 Å². The summed E-state index contributed by atoms with van der Waals surface area (Å²) in [7, 11) is 0. The van der Waals surface area contributed by atoms with Crippen LogP contribution in [0.3, 0.4) is 0 Å². The standard InChI is InChI=1S/C16H24FNO/c1-12-7-8-13(11-14(12)17)15(19)16(2,3)18-9-5-4-6-10-18/h7-8,11,15,19H,4-6,9-10H2,1-3H3. The molecule has 1 fully saturated rings. The molecule has 0 aliphatic carbocycles. The first-order chi connectivity index (χ1) is 8.93. The Hall–Kier alpha value is -0.930. The van der Waals surface area contributed by atoms with Crippen molar-refractivity contribution in [1.82, 2.24) is 4.90 Å². The van der Waals surface area contributed by atoms with Crippen LogP contribution in [0.15, 0.2) is 18.2 Å². The summed E-state index contributed by atoms with van der Waals surface area (Å²) in [6.07, 6.45) is 2.96. The summed E-state index contributed by atoms with van der Waals surface area (Å²) in [6.45, 7) is 7.85. The number of likely N-dealkylation sites (tertiary alicyclic amines) is 1. The normalized spacial score (nSPS) is 19.4. The van der Waals surface area contributed by atoms with Crippen LogP contribution < -0.4 is 0 Å². The number of hydrogen-bond donors (Lipinski definition) is 1. The molecule has 0 saturated carbocycles. The van der Waals surface area contributed by atoms with E-state index in [2.05, 4.69) is 4.90 Å². The lowest BCUT2D eigenvalue weighted by Crippen LogP contribution is -2.50. The number of nitrogens with zero attached hydrogens (tertiary/aromatic N) is 1. The predicted molar refractivity (Wildman–Crippen MR) is 75.6 cm³/mol. The van der Waals surface area contributed by atoms with Crippen LogP contribution in [-0.4, -0.2) is 28.6 Å². The summed E-state index contributed by atoms with van der Waals surface area (Å²) in [5, 5.41) is 10.6. The lowest BCUT2D eigenvalue weighted by molar-refractivity contribution is -0.0210. The van der Waals surface area contributed by atoms with Crippen LogP contribution in [0.1, 0.15) is 50.3 Å². The fraction of sp³-hybridized carbons (Fsp3) is 0.625. The number of rotatable bonds is 3. The molecule has 1 aliphatic rings. The Balaban J connectivity index is 2.20. The average Bonchev–Trinajstić information content (AvgIpc) is 2.42. The molecule has 0 amide bonds. The molecule has 1 atom stereocenters. The minimum atomic E-state index is -0.666. The smallest absolute Gasteiger partial charge is 0.126 e. The number of aryl methyl sites for hydroxylation is 1. The first kappa shape index (κ1) is 14.5. The number of aliphatic hydroxyl groups is 1. The second kappa shape index (κ2) is 5.59. The third-order valence-electron chi connectivity index (χ3n) is 4.35. The maximum absolute atomic E-state index is 13.6. The molecule has 0 bridgehead atoms. The second-order valence-corrected chi connectivity index (χ2v) is 6.11. The van der Waals surface area contributed by atoms with E-state index in [0.29, 0.717) is 11.1 Å². The fourth-order valence-corrected chi connectivity index (χ4v) is 2.83. The van der Waals surface area contributed by atoms with Gasteiger partial charge in [-0.25, -0.2) is 4.39 Å². The van der Waals surface area contributed by atoms with Crippen LogP contribution in [0.4, 0.5) is 4.39 Å². The van der Waals surface area contributed by atoms with E-state index in [4.69, 9.17) is 0 Å². The number of aliphatic hydroxyl groups excluding tert-OH is 1. The highest BCUT2D eigenvalue weighted by Crippen LogP contribution is 2.33. The van der Waals surface area contributed by atoms with Gasteiger partial charge in [0.1, 0.15) is 5.82 Å². The molecule has 0 radical (unpaired) electrons. The molecule has 1 N–H and O–H groups in total. The Morgan fingerprint density at radius 1 is 1.21 bits per heavy atom. The largest absolute Gasteiger partial charge is 0.386 e. The van der Waals surface area contributed by atoms with Gasteiger partial charge in [0.15, 0.2) is 0 Å². The van der Waals surface area contributed by atoms with Crippen molar-refractivity contribution < 1.29 is 9.50 Å². The summed E-state index contributed by atoms with van der Waals surface area (Å²) >= 11 is 0. The van der Waals surface area contributed by atoms with Crippen molar-refractivity contribution >= 4 is 0 Å². The Morgan fingerprint density at radius 3 is 2.42 bits per heavy atom. The maximum atomic E-state index is 13.6. The Bertz CT molecular complexity index is 438. The van der Waals surface area contributed by atoms with Crippen molar-refractivity contribution in [2.24, 2.45) is 0 Å². The van der Waals surface area contributed by atoms with E-state index in [1.165, 1.54) is 25.3 Å². The van der Waals surface area contributed by atoms with E-state index in [1.54, 1.807) is 13.0 Å². The van der Waals surface area contributed by atoms with E-state index >= 15 is 0 Å². The molecule has 19 heavy (non-hydrogen) atoms. The summed E-state index contributed by atoms with van der Waals surface area (Å²) in [6, 6.07) is 5.03. The van der Waals surface area contributed by atoms with Gasteiger partial charge >= 0.3 is 0 Å². The first-order valence-corrected chi connectivity index (χ1v) is 7.12. The molecule has 1 aliphatic heterocycles. The Kier molecular flexibility index (Phi) is 4.26. The summed E-state index contributed by atoms with van der Waals surface area (Å²) in [5.74, 6) is -0.244. The molecule has 3 heteroatoms. The van der Waals surface area contributed by atoms with Gasteiger partial charge in [0.2, 0.25) is 0 Å². The monoisotopic (exact) mass is 265 g/mol. The molecule has 2 rings (SSSR count). The molecular weight excluding hydrogens is 241 g/mol. The predicted octanol–water partition coefficient (Wildman–Crippen LogP) is 3.43. The molecule has 1 saturated heterocycles. The van der Waals surface area contributed by atoms with Gasteiger partial charge in [0.05, 0.1) is 6.10 Å². The fourth-order valence-electron chi connectivity index (χ4n) is 2.83. The van der Waals surface area contributed by atoms with Crippen molar-refractivity contribution in [1.29, 1.82) is 0 Å². The molecule has 106 valence electrons. The van der Waals surface area contributed by atoms with E-state index in [1.807, 2.05) is 19.9 Å². The van der Waals surface area contributed by atoms with Gasteiger partial charge < -0.3 is 5.11 Å². The third-order valence-corrected chi connectivity index (χ3v) is 4.35. The Labute approximate surface area is 115 Å². The van der Waals surface area contributed by atoms with Gasteiger partial charge in [0, 0.05) is 5.54 Å². The first-order valence-electron chi connectivity index (χ1n) is 7.12. The van der Waals surface area contributed by atoms with Crippen LogP contribution in [0.5, 0.6) is 0 Å². The summed E-state index contributed by atoms with van der Waals surface area (Å²) in [4.78, 5) is 2.32. The van der Waals surface area contributed by atoms with Crippen molar-refractivity contribution in [3.05, 3.63) is 35.1 Å². The highest BCUT2D eigenvalue weighted by atomic mass is 19.1. The highest BCUT2D eigenvalue weighted by molar-refractivity contribution is 5.26. The molecule has 0 spiro atoms.